The molecule has 1 aliphatic heterocycles. The fourth-order valence-electron chi connectivity index (χ4n) is 1.89. The lowest BCUT2D eigenvalue weighted by Crippen LogP contribution is -2.32. The van der Waals surface area contributed by atoms with Crippen molar-refractivity contribution in [2.24, 2.45) is 5.92 Å². The van der Waals surface area contributed by atoms with Crippen LogP contribution >= 0.6 is 11.3 Å². The van der Waals surface area contributed by atoms with Crippen molar-refractivity contribution in [1.82, 2.24) is 10.3 Å². The number of thiazole rings is 1. The fraction of sp³-hybridized carbons (Fsp3) is 0.700. The van der Waals surface area contributed by atoms with Gasteiger partial charge in [-0.25, -0.2) is 4.98 Å². The molecule has 0 amide bonds. The number of rotatable bonds is 1. The second kappa shape index (κ2) is 3.39. The molecule has 1 aliphatic rings. The van der Waals surface area contributed by atoms with Gasteiger partial charge in [-0.15, -0.1) is 11.3 Å². The van der Waals surface area contributed by atoms with E-state index >= 15 is 0 Å². The van der Waals surface area contributed by atoms with E-state index in [0.717, 1.165) is 13.0 Å². The van der Waals surface area contributed by atoms with Crippen LogP contribution in [0.2, 0.25) is 0 Å². The summed E-state index contributed by atoms with van der Waals surface area (Å²) in [5, 5.41) is 4.77. The third kappa shape index (κ3) is 1.63. The minimum absolute atomic E-state index is 0.537. The van der Waals surface area contributed by atoms with Gasteiger partial charge in [-0.2, -0.15) is 0 Å². The number of aromatic nitrogens is 1. The summed E-state index contributed by atoms with van der Waals surface area (Å²) in [5.74, 6) is 0.666. The van der Waals surface area contributed by atoms with Crippen LogP contribution in [-0.2, 0) is 6.42 Å². The van der Waals surface area contributed by atoms with Crippen LogP contribution in [0.5, 0.6) is 0 Å². The topological polar surface area (TPSA) is 24.9 Å². The predicted octanol–water partition coefficient (Wildman–Crippen LogP) is 2.29. The maximum atomic E-state index is 4.56. The molecule has 0 radical (unpaired) electrons. The highest BCUT2D eigenvalue weighted by Crippen LogP contribution is 2.32. The highest BCUT2D eigenvalue weighted by atomic mass is 32.1. The van der Waals surface area contributed by atoms with Gasteiger partial charge in [0, 0.05) is 23.9 Å². The standard InChI is InChI=1S/C10H16N2S/c1-6(2)9-10-8(4-5-11-9)12-7(3)13-10/h6,9,11H,4-5H2,1-3H3. The van der Waals surface area contributed by atoms with Crippen LogP contribution in [0.1, 0.15) is 35.5 Å². The molecule has 0 fully saturated rings. The van der Waals surface area contributed by atoms with E-state index in [1.54, 1.807) is 0 Å². The van der Waals surface area contributed by atoms with Crippen molar-refractivity contribution in [2.75, 3.05) is 6.54 Å². The summed E-state index contributed by atoms with van der Waals surface area (Å²) in [5.41, 5.74) is 1.33. The molecule has 0 spiro atoms. The van der Waals surface area contributed by atoms with E-state index in [1.165, 1.54) is 15.6 Å². The summed E-state index contributed by atoms with van der Waals surface area (Å²) in [6, 6.07) is 0.537. The molecule has 0 bridgehead atoms. The number of nitrogens with one attached hydrogen (secondary N) is 1. The molecule has 3 heteroatoms. The van der Waals surface area contributed by atoms with Gasteiger partial charge >= 0.3 is 0 Å². The van der Waals surface area contributed by atoms with Crippen molar-refractivity contribution in [3.8, 4) is 0 Å². The largest absolute Gasteiger partial charge is 0.309 e. The third-order valence-electron chi connectivity index (χ3n) is 2.51. The molecule has 1 N–H and O–H groups in total. The van der Waals surface area contributed by atoms with Crippen LogP contribution in [0.15, 0.2) is 0 Å². The van der Waals surface area contributed by atoms with Crippen LogP contribution in [-0.4, -0.2) is 11.5 Å². The first kappa shape index (κ1) is 9.16. The summed E-state index contributed by atoms with van der Waals surface area (Å²) in [4.78, 5) is 6.03. The molecule has 2 heterocycles. The summed E-state index contributed by atoms with van der Waals surface area (Å²) in [6.07, 6.45) is 1.10. The Morgan fingerprint density at radius 2 is 2.31 bits per heavy atom. The molecular formula is C10H16N2S. The highest BCUT2D eigenvalue weighted by molar-refractivity contribution is 7.11. The Labute approximate surface area is 83.4 Å². The van der Waals surface area contributed by atoms with E-state index in [-0.39, 0.29) is 0 Å². The maximum absolute atomic E-state index is 4.56. The average molecular weight is 196 g/mol. The van der Waals surface area contributed by atoms with Gasteiger partial charge < -0.3 is 5.32 Å². The average Bonchev–Trinajstić information content (AvgIpc) is 2.43. The monoisotopic (exact) mass is 196 g/mol. The molecule has 0 aromatic carbocycles. The van der Waals surface area contributed by atoms with Crippen molar-refractivity contribution in [1.29, 1.82) is 0 Å². The van der Waals surface area contributed by atoms with Crippen molar-refractivity contribution in [2.45, 2.75) is 33.2 Å². The van der Waals surface area contributed by atoms with E-state index in [1.807, 2.05) is 11.3 Å². The second-order valence-electron chi connectivity index (χ2n) is 3.97. The van der Waals surface area contributed by atoms with Gasteiger partial charge in [0.15, 0.2) is 0 Å². The van der Waals surface area contributed by atoms with Crippen molar-refractivity contribution < 1.29 is 0 Å². The van der Waals surface area contributed by atoms with Gasteiger partial charge in [0.05, 0.1) is 10.7 Å². The number of aryl methyl sites for hydroxylation is 1. The van der Waals surface area contributed by atoms with E-state index in [2.05, 4.69) is 31.1 Å². The Bertz CT molecular complexity index is 304. The van der Waals surface area contributed by atoms with Crippen molar-refractivity contribution in [3.63, 3.8) is 0 Å². The van der Waals surface area contributed by atoms with Crippen LogP contribution in [0.4, 0.5) is 0 Å². The highest BCUT2D eigenvalue weighted by Gasteiger charge is 2.25. The molecule has 0 saturated carbocycles. The number of fused-ring (bicyclic) bond motifs is 1. The molecule has 1 aromatic heterocycles. The minimum atomic E-state index is 0.537. The van der Waals surface area contributed by atoms with E-state index in [0.29, 0.717) is 12.0 Å². The van der Waals surface area contributed by atoms with E-state index < -0.39 is 0 Å². The lowest BCUT2D eigenvalue weighted by atomic mass is 9.98. The molecule has 0 saturated heterocycles. The molecule has 1 atom stereocenters. The first-order valence-electron chi connectivity index (χ1n) is 4.88. The lowest BCUT2D eigenvalue weighted by Gasteiger charge is -2.26. The van der Waals surface area contributed by atoms with Gasteiger partial charge in [-0.3, -0.25) is 0 Å². The SMILES string of the molecule is Cc1nc2c(s1)C(C(C)C)NCC2. The maximum Gasteiger partial charge on any atom is 0.0900 e. The molecule has 2 nitrogen and oxygen atoms in total. The van der Waals surface area contributed by atoms with Crippen molar-refractivity contribution >= 4 is 11.3 Å². The normalized spacial score (nSPS) is 22.0. The Morgan fingerprint density at radius 1 is 1.54 bits per heavy atom. The summed E-state index contributed by atoms with van der Waals surface area (Å²) >= 11 is 1.85. The molecule has 0 aliphatic carbocycles. The Hall–Kier alpha value is -0.410. The van der Waals surface area contributed by atoms with Gasteiger partial charge in [0.1, 0.15) is 0 Å². The first-order chi connectivity index (χ1) is 6.18. The molecule has 72 valence electrons. The third-order valence-corrected chi connectivity index (χ3v) is 3.61. The lowest BCUT2D eigenvalue weighted by molar-refractivity contribution is 0.399. The van der Waals surface area contributed by atoms with Crippen LogP contribution in [0.3, 0.4) is 0 Å². The van der Waals surface area contributed by atoms with E-state index in [4.69, 9.17) is 0 Å². The second-order valence-corrected chi connectivity index (χ2v) is 5.20. The van der Waals surface area contributed by atoms with Gasteiger partial charge in [0.25, 0.3) is 0 Å². The Balaban J connectivity index is 2.36. The molecular weight excluding hydrogens is 180 g/mol. The zero-order chi connectivity index (χ0) is 9.42. The van der Waals surface area contributed by atoms with Gasteiger partial charge in [-0.1, -0.05) is 13.8 Å². The van der Waals surface area contributed by atoms with Gasteiger partial charge in [0.2, 0.25) is 0 Å². The molecule has 1 unspecified atom stereocenters. The Kier molecular flexibility index (Phi) is 2.39. The zero-order valence-corrected chi connectivity index (χ0v) is 9.24. The van der Waals surface area contributed by atoms with Crippen LogP contribution < -0.4 is 5.32 Å². The van der Waals surface area contributed by atoms with Crippen molar-refractivity contribution in [3.05, 3.63) is 15.6 Å². The molecule has 2 rings (SSSR count). The minimum Gasteiger partial charge on any atom is -0.309 e. The van der Waals surface area contributed by atoms with E-state index in [9.17, 15) is 0 Å². The summed E-state index contributed by atoms with van der Waals surface area (Å²) in [6.45, 7) is 7.71. The zero-order valence-electron chi connectivity index (χ0n) is 8.42. The smallest absolute Gasteiger partial charge is 0.0900 e. The molecule has 13 heavy (non-hydrogen) atoms. The first-order valence-corrected chi connectivity index (χ1v) is 5.69. The van der Waals surface area contributed by atoms with Gasteiger partial charge in [-0.05, 0) is 12.8 Å². The molecule has 1 aromatic rings. The number of nitrogens with zero attached hydrogens (tertiary/aromatic N) is 1. The summed E-state index contributed by atoms with van der Waals surface area (Å²) in [7, 11) is 0. The summed E-state index contributed by atoms with van der Waals surface area (Å²) < 4.78 is 0. The van der Waals surface area contributed by atoms with Crippen LogP contribution in [0.25, 0.3) is 0 Å². The fourth-order valence-corrected chi connectivity index (χ4v) is 3.11. The quantitative estimate of drug-likeness (QED) is 0.745. The number of hydrogen-bond acceptors (Lipinski definition) is 3. The predicted molar refractivity (Wildman–Crippen MR) is 56.1 cm³/mol. The number of hydrogen-bond donors (Lipinski definition) is 1. The Morgan fingerprint density at radius 3 is 3.00 bits per heavy atom. The van der Waals surface area contributed by atoms with Crippen LogP contribution in [0, 0.1) is 12.8 Å².